The molecule has 3 nitrogen and oxygen atoms in total. The molecule has 1 aromatic carbocycles. The molecule has 0 fully saturated rings. The van der Waals surface area contributed by atoms with Crippen LogP contribution in [-0.2, 0) is 0 Å². The Hall–Kier alpha value is -1.35. The van der Waals surface area contributed by atoms with Crippen molar-refractivity contribution in [3.8, 4) is 0 Å². The molecular weight excluding hydrogens is 214 g/mol. The summed E-state index contributed by atoms with van der Waals surface area (Å²) in [5, 5.41) is 12.9. The van der Waals surface area contributed by atoms with E-state index in [9.17, 15) is 9.90 Å². The fraction of sp³-hybridized carbons (Fsp3) is 0.500. The van der Waals surface area contributed by atoms with Gasteiger partial charge in [0.1, 0.15) is 0 Å². The van der Waals surface area contributed by atoms with Crippen molar-refractivity contribution in [2.75, 3.05) is 6.54 Å². The van der Waals surface area contributed by atoms with Crippen molar-refractivity contribution in [1.29, 1.82) is 0 Å². The van der Waals surface area contributed by atoms with Gasteiger partial charge in [0.2, 0.25) is 0 Å². The fourth-order valence-electron chi connectivity index (χ4n) is 1.56. The summed E-state index contributed by atoms with van der Waals surface area (Å²) < 4.78 is 0. The summed E-state index contributed by atoms with van der Waals surface area (Å²) in [5.41, 5.74) is -0.244. The topological polar surface area (TPSA) is 49.3 Å². The van der Waals surface area contributed by atoms with Crippen LogP contribution in [0.25, 0.3) is 0 Å². The highest BCUT2D eigenvalue weighted by Gasteiger charge is 2.27. The third-order valence-corrected chi connectivity index (χ3v) is 3.32. The predicted octanol–water partition coefficient (Wildman–Crippen LogP) is 2.21. The van der Waals surface area contributed by atoms with Gasteiger partial charge in [-0.05, 0) is 25.0 Å². The van der Waals surface area contributed by atoms with Crippen molar-refractivity contribution in [3.05, 3.63) is 35.9 Å². The van der Waals surface area contributed by atoms with Crippen LogP contribution in [0.15, 0.2) is 30.3 Å². The molecule has 2 atom stereocenters. The van der Waals surface area contributed by atoms with Crippen molar-refractivity contribution in [1.82, 2.24) is 5.32 Å². The molecule has 0 aliphatic heterocycles. The fourth-order valence-corrected chi connectivity index (χ4v) is 1.56. The van der Waals surface area contributed by atoms with E-state index < -0.39 is 5.60 Å². The van der Waals surface area contributed by atoms with Gasteiger partial charge in [0.25, 0.3) is 5.91 Å². The molecule has 1 amide bonds. The van der Waals surface area contributed by atoms with Gasteiger partial charge in [0, 0.05) is 12.1 Å². The highest BCUT2D eigenvalue weighted by molar-refractivity contribution is 5.94. The third-order valence-electron chi connectivity index (χ3n) is 3.32. The molecule has 0 aliphatic rings. The number of carbonyl (C=O) groups excluding carboxylic acids is 1. The van der Waals surface area contributed by atoms with Gasteiger partial charge in [0.15, 0.2) is 0 Å². The summed E-state index contributed by atoms with van der Waals surface area (Å²) in [4.78, 5) is 11.8. The number of carbonyl (C=O) groups is 1. The molecule has 0 saturated heterocycles. The molecule has 3 heteroatoms. The second-order valence-corrected chi connectivity index (χ2v) is 4.72. The maximum atomic E-state index is 11.8. The van der Waals surface area contributed by atoms with Crippen LogP contribution in [-0.4, -0.2) is 23.2 Å². The predicted molar refractivity (Wildman–Crippen MR) is 68.9 cm³/mol. The second kappa shape index (κ2) is 5.82. The Balaban J connectivity index is 2.54. The van der Waals surface area contributed by atoms with E-state index in [1.807, 2.05) is 32.0 Å². The van der Waals surface area contributed by atoms with Crippen molar-refractivity contribution in [2.45, 2.75) is 32.8 Å². The number of hydrogen-bond acceptors (Lipinski definition) is 2. The number of aliphatic hydroxyl groups is 1. The molecule has 0 saturated carbocycles. The van der Waals surface area contributed by atoms with Crippen LogP contribution < -0.4 is 5.32 Å². The van der Waals surface area contributed by atoms with Gasteiger partial charge in [-0.25, -0.2) is 0 Å². The molecule has 2 unspecified atom stereocenters. The van der Waals surface area contributed by atoms with Crippen LogP contribution in [0.4, 0.5) is 0 Å². The average molecular weight is 235 g/mol. The van der Waals surface area contributed by atoms with Crippen molar-refractivity contribution >= 4 is 5.91 Å². The minimum absolute atomic E-state index is 0.144. The van der Waals surface area contributed by atoms with Gasteiger partial charge in [-0.15, -0.1) is 0 Å². The van der Waals surface area contributed by atoms with E-state index in [2.05, 4.69) is 5.32 Å². The highest BCUT2D eigenvalue weighted by Crippen LogP contribution is 2.18. The highest BCUT2D eigenvalue weighted by atomic mass is 16.3. The molecule has 0 bridgehead atoms. The lowest BCUT2D eigenvalue weighted by atomic mass is 9.88. The number of nitrogens with one attached hydrogen (secondary N) is 1. The van der Waals surface area contributed by atoms with Gasteiger partial charge < -0.3 is 10.4 Å². The van der Waals surface area contributed by atoms with Crippen LogP contribution in [0.3, 0.4) is 0 Å². The van der Waals surface area contributed by atoms with Gasteiger partial charge in [-0.3, -0.25) is 4.79 Å². The van der Waals surface area contributed by atoms with Crippen molar-refractivity contribution < 1.29 is 9.90 Å². The summed E-state index contributed by atoms with van der Waals surface area (Å²) in [6.45, 7) is 6.04. The van der Waals surface area contributed by atoms with Crippen molar-refractivity contribution in [2.24, 2.45) is 5.92 Å². The van der Waals surface area contributed by atoms with Gasteiger partial charge in [0.05, 0.1) is 5.60 Å². The molecule has 1 aromatic rings. The van der Waals surface area contributed by atoms with E-state index >= 15 is 0 Å². The minimum Gasteiger partial charge on any atom is -0.388 e. The molecule has 0 aromatic heterocycles. The quantitative estimate of drug-likeness (QED) is 0.822. The van der Waals surface area contributed by atoms with E-state index in [1.54, 1.807) is 19.1 Å². The molecule has 94 valence electrons. The number of benzene rings is 1. The molecular formula is C14H21NO2. The maximum Gasteiger partial charge on any atom is 0.251 e. The Morgan fingerprint density at radius 1 is 1.41 bits per heavy atom. The normalized spacial score (nSPS) is 16.0. The van der Waals surface area contributed by atoms with Crippen molar-refractivity contribution in [3.63, 3.8) is 0 Å². The van der Waals surface area contributed by atoms with Crippen LogP contribution in [0.1, 0.15) is 37.6 Å². The summed E-state index contributed by atoms with van der Waals surface area (Å²) in [7, 11) is 0. The monoisotopic (exact) mass is 235 g/mol. The zero-order chi connectivity index (χ0) is 12.9. The maximum absolute atomic E-state index is 11.8. The van der Waals surface area contributed by atoms with Gasteiger partial charge in [-0.1, -0.05) is 38.5 Å². The van der Waals surface area contributed by atoms with E-state index in [1.165, 1.54) is 0 Å². The van der Waals surface area contributed by atoms with E-state index in [0.29, 0.717) is 5.56 Å². The van der Waals surface area contributed by atoms with E-state index in [4.69, 9.17) is 0 Å². The van der Waals surface area contributed by atoms with Gasteiger partial charge in [-0.2, -0.15) is 0 Å². The third kappa shape index (κ3) is 3.86. The lowest BCUT2D eigenvalue weighted by Crippen LogP contribution is -2.45. The van der Waals surface area contributed by atoms with Crippen LogP contribution in [0.5, 0.6) is 0 Å². The SMILES string of the molecule is CCC(C)C(C)(O)CNC(=O)c1ccccc1. The molecule has 0 radical (unpaired) electrons. The van der Waals surface area contributed by atoms with Crippen LogP contribution in [0.2, 0.25) is 0 Å². The zero-order valence-electron chi connectivity index (χ0n) is 10.7. The Labute approximate surface area is 103 Å². The first-order valence-corrected chi connectivity index (χ1v) is 6.03. The van der Waals surface area contributed by atoms with Gasteiger partial charge >= 0.3 is 0 Å². The second-order valence-electron chi connectivity index (χ2n) is 4.72. The zero-order valence-corrected chi connectivity index (χ0v) is 10.7. The summed E-state index contributed by atoms with van der Waals surface area (Å²) in [5.74, 6) is 0.00718. The Morgan fingerprint density at radius 2 is 2.00 bits per heavy atom. The average Bonchev–Trinajstić information content (AvgIpc) is 2.36. The summed E-state index contributed by atoms with van der Waals surface area (Å²) in [6, 6.07) is 9.02. The molecule has 1 rings (SSSR count). The minimum atomic E-state index is -0.862. The van der Waals surface area contributed by atoms with E-state index in [-0.39, 0.29) is 18.4 Å². The standard InChI is InChI=1S/C14H21NO2/c1-4-11(2)14(3,17)10-15-13(16)12-8-6-5-7-9-12/h5-9,11,17H,4,10H2,1-3H3,(H,15,16). The summed E-state index contributed by atoms with van der Waals surface area (Å²) >= 11 is 0. The Bertz CT molecular complexity index is 360. The molecule has 17 heavy (non-hydrogen) atoms. The number of rotatable bonds is 5. The Morgan fingerprint density at radius 3 is 2.53 bits per heavy atom. The molecule has 2 N–H and O–H groups in total. The van der Waals surface area contributed by atoms with Crippen LogP contribution >= 0.6 is 0 Å². The molecule has 0 heterocycles. The first kappa shape index (κ1) is 13.7. The lowest BCUT2D eigenvalue weighted by molar-refractivity contribution is 0.00593. The number of amides is 1. The van der Waals surface area contributed by atoms with E-state index in [0.717, 1.165) is 6.42 Å². The van der Waals surface area contributed by atoms with Crippen LogP contribution in [0, 0.1) is 5.92 Å². The summed E-state index contributed by atoms with van der Waals surface area (Å²) in [6.07, 6.45) is 0.883. The first-order chi connectivity index (χ1) is 7.97. The Kier molecular flexibility index (Phi) is 4.70. The lowest BCUT2D eigenvalue weighted by Gasteiger charge is -2.29. The smallest absolute Gasteiger partial charge is 0.251 e. The molecule has 0 spiro atoms. The largest absolute Gasteiger partial charge is 0.388 e. The molecule has 0 aliphatic carbocycles. The first-order valence-electron chi connectivity index (χ1n) is 6.03. The number of hydrogen-bond donors (Lipinski definition) is 2.